The number of hydrogen-bond donors (Lipinski definition) is 1. The van der Waals surface area contributed by atoms with Crippen molar-refractivity contribution in [3.05, 3.63) is 30.3 Å². The number of benzene rings is 1. The maximum absolute atomic E-state index is 12.5. The van der Waals surface area contributed by atoms with Gasteiger partial charge in [0.05, 0.1) is 0 Å². The number of carboxylic acid groups (broad SMARTS) is 1. The van der Waals surface area contributed by atoms with Gasteiger partial charge in [0.25, 0.3) is 0 Å². The van der Waals surface area contributed by atoms with Crippen LogP contribution in [0, 0.1) is 17.8 Å². The van der Waals surface area contributed by atoms with Crippen LogP contribution in [0.25, 0.3) is 0 Å². The largest absolute Gasteiger partial charge is 0.481 e. The summed E-state index contributed by atoms with van der Waals surface area (Å²) in [4.78, 5) is 30.8. The average molecular weight is 400 g/mol. The highest BCUT2D eigenvalue weighted by Crippen LogP contribution is 2.35. The smallest absolute Gasteiger partial charge is 0.303 e. The fourth-order valence-corrected chi connectivity index (χ4v) is 4.91. The number of carbonyl (C=O) groups is 2. The Morgan fingerprint density at radius 3 is 2.31 bits per heavy atom. The lowest BCUT2D eigenvalue weighted by molar-refractivity contribution is -0.140. The molecule has 0 spiro atoms. The molecule has 6 heteroatoms. The standard InChI is InChI=1S/C23H33N3O3/c27-22(28)16-19-9-11-26(23(29)18-6-7-18)17-20(19)8-10-24-12-14-25(15-13-24)21-4-2-1-3-5-21/h1-5,18-20H,6-17H2,(H,27,28). The summed E-state index contributed by atoms with van der Waals surface area (Å²) in [6, 6.07) is 10.6. The second kappa shape index (κ2) is 9.16. The Morgan fingerprint density at radius 1 is 0.931 bits per heavy atom. The Bertz CT molecular complexity index is 699. The third kappa shape index (κ3) is 5.30. The van der Waals surface area contributed by atoms with Gasteiger partial charge in [-0.3, -0.25) is 14.5 Å². The second-order valence-corrected chi connectivity index (χ2v) is 8.92. The quantitative estimate of drug-likeness (QED) is 0.763. The Morgan fingerprint density at radius 2 is 1.66 bits per heavy atom. The molecule has 1 aliphatic carbocycles. The van der Waals surface area contributed by atoms with E-state index in [1.165, 1.54) is 5.69 Å². The van der Waals surface area contributed by atoms with Gasteiger partial charge in [0.1, 0.15) is 0 Å². The first-order valence-electron chi connectivity index (χ1n) is 11.1. The van der Waals surface area contributed by atoms with Gasteiger partial charge in [-0.25, -0.2) is 0 Å². The number of anilines is 1. The highest BCUT2D eigenvalue weighted by molar-refractivity contribution is 5.81. The summed E-state index contributed by atoms with van der Waals surface area (Å²) in [6.45, 7) is 6.61. The summed E-state index contributed by atoms with van der Waals surface area (Å²) in [5, 5.41) is 9.31. The number of amides is 1. The molecule has 2 atom stereocenters. The van der Waals surface area contributed by atoms with Gasteiger partial charge >= 0.3 is 5.97 Å². The predicted molar refractivity (Wildman–Crippen MR) is 113 cm³/mol. The van der Waals surface area contributed by atoms with Gasteiger partial charge in [-0.1, -0.05) is 18.2 Å². The van der Waals surface area contributed by atoms with Crippen LogP contribution in [0.1, 0.15) is 32.1 Å². The average Bonchev–Trinajstić information content (AvgIpc) is 3.58. The van der Waals surface area contributed by atoms with Crippen molar-refractivity contribution < 1.29 is 14.7 Å². The van der Waals surface area contributed by atoms with Crippen molar-refractivity contribution >= 4 is 17.6 Å². The Hall–Kier alpha value is -2.08. The zero-order chi connectivity index (χ0) is 20.2. The summed E-state index contributed by atoms with van der Waals surface area (Å²) in [5.41, 5.74) is 1.29. The van der Waals surface area contributed by atoms with Crippen LogP contribution in [0.2, 0.25) is 0 Å². The first kappa shape index (κ1) is 20.2. The maximum Gasteiger partial charge on any atom is 0.303 e. The summed E-state index contributed by atoms with van der Waals surface area (Å²) in [6.07, 6.45) is 4.11. The first-order chi connectivity index (χ1) is 14.1. The minimum absolute atomic E-state index is 0.196. The molecule has 2 unspecified atom stereocenters. The zero-order valence-corrected chi connectivity index (χ0v) is 17.2. The monoisotopic (exact) mass is 399 g/mol. The molecule has 3 aliphatic rings. The predicted octanol–water partition coefficient (Wildman–Crippen LogP) is 2.55. The van der Waals surface area contributed by atoms with Crippen LogP contribution in [0.3, 0.4) is 0 Å². The molecule has 158 valence electrons. The van der Waals surface area contributed by atoms with E-state index in [4.69, 9.17) is 0 Å². The van der Waals surface area contributed by atoms with Crippen molar-refractivity contribution in [1.29, 1.82) is 0 Å². The molecule has 1 aromatic carbocycles. The molecule has 1 N–H and O–H groups in total. The molecule has 0 radical (unpaired) electrons. The number of piperazine rings is 1. The molecule has 29 heavy (non-hydrogen) atoms. The van der Waals surface area contributed by atoms with Crippen LogP contribution < -0.4 is 4.90 Å². The van der Waals surface area contributed by atoms with E-state index in [1.807, 2.05) is 4.90 Å². The highest BCUT2D eigenvalue weighted by Gasteiger charge is 2.38. The summed E-state index contributed by atoms with van der Waals surface area (Å²) in [5.74, 6) is 0.340. The van der Waals surface area contributed by atoms with E-state index in [9.17, 15) is 14.7 Å². The lowest BCUT2D eigenvalue weighted by Crippen LogP contribution is -2.49. The van der Waals surface area contributed by atoms with Gasteiger partial charge in [-0.2, -0.15) is 0 Å². The number of likely N-dealkylation sites (tertiary alicyclic amines) is 1. The number of nitrogens with zero attached hydrogens (tertiary/aromatic N) is 3. The van der Waals surface area contributed by atoms with Gasteiger partial charge in [-0.15, -0.1) is 0 Å². The maximum atomic E-state index is 12.5. The van der Waals surface area contributed by atoms with Gasteiger partial charge in [0, 0.05) is 57.3 Å². The van der Waals surface area contributed by atoms with Gasteiger partial charge < -0.3 is 14.9 Å². The van der Waals surface area contributed by atoms with Crippen LogP contribution in [0.4, 0.5) is 5.69 Å². The van der Waals surface area contributed by atoms with E-state index in [1.54, 1.807) is 0 Å². The van der Waals surface area contributed by atoms with Crippen molar-refractivity contribution in [1.82, 2.24) is 9.80 Å². The SMILES string of the molecule is O=C(O)CC1CCN(C(=O)C2CC2)CC1CCN1CCN(c2ccccc2)CC1. The number of hydrogen-bond acceptors (Lipinski definition) is 4. The normalized spacial score (nSPS) is 25.8. The zero-order valence-electron chi connectivity index (χ0n) is 17.2. The van der Waals surface area contributed by atoms with Crippen molar-refractivity contribution in [2.45, 2.75) is 32.1 Å². The van der Waals surface area contributed by atoms with E-state index in [2.05, 4.69) is 40.1 Å². The fourth-order valence-electron chi connectivity index (χ4n) is 4.91. The molecule has 2 aliphatic heterocycles. The summed E-state index contributed by atoms with van der Waals surface area (Å²) < 4.78 is 0. The number of rotatable bonds is 7. The van der Waals surface area contributed by atoms with Gasteiger partial charge in [0.15, 0.2) is 0 Å². The number of piperidine rings is 1. The van der Waals surface area contributed by atoms with Crippen molar-refractivity contribution in [2.75, 3.05) is 50.7 Å². The Kier molecular flexibility index (Phi) is 6.38. The molecular formula is C23H33N3O3. The van der Waals surface area contributed by atoms with E-state index >= 15 is 0 Å². The van der Waals surface area contributed by atoms with E-state index in [0.717, 1.165) is 71.5 Å². The van der Waals surface area contributed by atoms with Crippen LogP contribution >= 0.6 is 0 Å². The van der Waals surface area contributed by atoms with Crippen molar-refractivity contribution in [2.24, 2.45) is 17.8 Å². The summed E-state index contributed by atoms with van der Waals surface area (Å²) >= 11 is 0. The molecule has 2 saturated heterocycles. The highest BCUT2D eigenvalue weighted by atomic mass is 16.4. The van der Waals surface area contributed by atoms with E-state index in [0.29, 0.717) is 11.8 Å². The van der Waals surface area contributed by atoms with Gasteiger partial charge in [0.2, 0.25) is 5.91 Å². The molecule has 6 nitrogen and oxygen atoms in total. The first-order valence-corrected chi connectivity index (χ1v) is 11.1. The number of carbonyl (C=O) groups excluding carboxylic acids is 1. The molecule has 4 rings (SSSR count). The number of carboxylic acids is 1. The fraction of sp³-hybridized carbons (Fsp3) is 0.652. The molecule has 2 heterocycles. The van der Waals surface area contributed by atoms with E-state index < -0.39 is 5.97 Å². The Balaban J connectivity index is 1.28. The number of aliphatic carboxylic acids is 1. The molecule has 0 bridgehead atoms. The molecule has 0 aromatic heterocycles. The molecule has 1 aromatic rings. The minimum atomic E-state index is -0.710. The van der Waals surface area contributed by atoms with Crippen LogP contribution in [-0.2, 0) is 9.59 Å². The number of para-hydroxylation sites is 1. The van der Waals surface area contributed by atoms with Crippen LogP contribution in [-0.4, -0.2) is 72.6 Å². The summed E-state index contributed by atoms with van der Waals surface area (Å²) in [7, 11) is 0. The Labute approximate surface area is 173 Å². The van der Waals surface area contributed by atoms with Crippen LogP contribution in [0.15, 0.2) is 30.3 Å². The minimum Gasteiger partial charge on any atom is -0.481 e. The third-order valence-electron chi connectivity index (χ3n) is 6.88. The van der Waals surface area contributed by atoms with Crippen molar-refractivity contribution in [3.8, 4) is 0 Å². The third-order valence-corrected chi connectivity index (χ3v) is 6.88. The van der Waals surface area contributed by atoms with Crippen molar-refractivity contribution in [3.63, 3.8) is 0 Å². The lowest BCUT2D eigenvalue weighted by atomic mass is 9.81. The molecule has 1 saturated carbocycles. The molecule has 3 fully saturated rings. The van der Waals surface area contributed by atoms with Gasteiger partial charge in [-0.05, 0) is 56.2 Å². The van der Waals surface area contributed by atoms with E-state index in [-0.39, 0.29) is 18.3 Å². The van der Waals surface area contributed by atoms with Crippen LogP contribution in [0.5, 0.6) is 0 Å². The molecular weight excluding hydrogens is 366 g/mol. The second-order valence-electron chi connectivity index (χ2n) is 8.92. The molecule has 1 amide bonds. The topological polar surface area (TPSA) is 64.1 Å². The lowest BCUT2D eigenvalue weighted by Gasteiger charge is -2.40.